The van der Waals surface area contributed by atoms with Gasteiger partial charge in [0.2, 0.25) is 0 Å². The Kier molecular flexibility index (Phi) is 2.88. The van der Waals surface area contributed by atoms with E-state index in [-0.39, 0.29) is 30.5 Å². The average Bonchev–Trinajstić information content (AvgIpc) is 2.65. The Morgan fingerprint density at radius 2 is 1.90 bits per heavy atom. The Morgan fingerprint density at radius 3 is 2.60 bits per heavy atom. The van der Waals surface area contributed by atoms with Crippen LogP contribution in [0, 0.1) is 11.0 Å². The van der Waals surface area contributed by atoms with Crippen LogP contribution in [0.25, 0.3) is 0 Å². The van der Waals surface area contributed by atoms with Crippen LogP contribution in [0.2, 0.25) is 0 Å². The highest BCUT2D eigenvalue weighted by molar-refractivity contribution is 6.21. The molecule has 3 rings (SSSR count). The third-order valence-corrected chi connectivity index (χ3v) is 3.68. The number of nitrogens with zero attached hydrogens (tertiary/aromatic N) is 1. The Hall–Kier alpha value is -2.12. The van der Waals surface area contributed by atoms with Crippen LogP contribution in [-0.4, -0.2) is 35.2 Å². The predicted molar refractivity (Wildman–Crippen MR) is 64.1 cm³/mol. The largest absolute Gasteiger partial charge is 0.627 e. The van der Waals surface area contributed by atoms with E-state index < -0.39 is 34.6 Å². The van der Waals surface area contributed by atoms with E-state index in [0.717, 1.165) is 17.0 Å². The molecular formula is C13H11FN2O4. The third kappa shape index (κ3) is 1.83. The monoisotopic (exact) mass is 278 g/mol. The van der Waals surface area contributed by atoms with Crippen molar-refractivity contribution < 1.29 is 23.8 Å². The Labute approximate surface area is 113 Å². The minimum Gasteiger partial charge on any atom is -0.627 e. The van der Waals surface area contributed by atoms with Gasteiger partial charge in [-0.05, 0) is 24.6 Å². The van der Waals surface area contributed by atoms with Gasteiger partial charge in [0.25, 0.3) is 11.8 Å². The van der Waals surface area contributed by atoms with Crippen molar-refractivity contribution >= 4 is 17.7 Å². The van der Waals surface area contributed by atoms with Gasteiger partial charge in [-0.2, -0.15) is 0 Å². The molecule has 20 heavy (non-hydrogen) atoms. The summed E-state index contributed by atoms with van der Waals surface area (Å²) < 4.78 is 13.2. The number of hydrogen-bond donors (Lipinski definition) is 1. The smallest absolute Gasteiger partial charge is 0.312 e. The molecule has 7 heteroatoms. The van der Waals surface area contributed by atoms with Gasteiger partial charge < -0.3 is 10.3 Å². The molecule has 0 aliphatic carbocycles. The van der Waals surface area contributed by atoms with E-state index in [1.165, 1.54) is 6.07 Å². The number of hydroxylamine groups is 2. The molecule has 6 nitrogen and oxygen atoms in total. The highest BCUT2D eigenvalue weighted by Gasteiger charge is 2.43. The third-order valence-electron chi connectivity index (χ3n) is 3.68. The van der Waals surface area contributed by atoms with Gasteiger partial charge in [-0.15, -0.1) is 0 Å². The zero-order chi connectivity index (χ0) is 14.4. The molecule has 0 radical (unpaired) electrons. The van der Waals surface area contributed by atoms with Gasteiger partial charge in [-0.1, -0.05) is 0 Å². The summed E-state index contributed by atoms with van der Waals surface area (Å²) in [5, 5.41) is 10.9. The first-order valence-corrected chi connectivity index (χ1v) is 6.22. The summed E-state index contributed by atoms with van der Waals surface area (Å²) in [5.41, 5.74) is 0.153. The fraction of sp³-hybridized carbons (Fsp3) is 0.308. The molecule has 1 aromatic rings. The lowest BCUT2D eigenvalue weighted by atomic mass is 10.1. The summed E-state index contributed by atoms with van der Waals surface area (Å²) in [6, 6.07) is 2.78. The molecule has 2 aliphatic rings. The van der Waals surface area contributed by atoms with E-state index in [9.17, 15) is 24.0 Å². The molecule has 1 N–H and O–H groups in total. The van der Waals surface area contributed by atoms with Crippen LogP contribution < -0.4 is 5.06 Å². The zero-order valence-corrected chi connectivity index (χ0v) is 10.4. The SMILES string of the molecule is O=C1c2ccc(F)cc2C(=O)N1C1CCC(=O)[NH+]([O-])C1. The lowest BCUT2D eigenvalue weighted by Gasteiger charge is -2.34. The van der Waals surface area contributed by atoms with Gasteiger partial charge in [0.1, 0.15) is 12.4 Å². The number of imide groups is 1. The van der Waals surface area contributed by atoms with Gasteiger partial charge >= 0.3 is 5.91 Å². The Balaban J connectivity index is 1.92. The number of fused-ring (bicyclic) bond motifs is 1. The van der Waals surface area contributed by atoms with Gasteiger partial charge in [0.05, 0.1) is 23.6 Å². The number of amides is 3. The van der Waals surface area contributed by atoms with Gasteiger partial charge in [-0.25, -0.2) is 9.18 Å². The number of quaternary nitrogens is 1. The van der Waals surface area contributed by atoms with E-state index in [1.807, 2.05) is 0 Å². The molecule has 0 saturated carbocycles. The van der Waals surface area contributed by atoms with Crippen molar-refractivity contribution in [2.45, 2.75) is 18.9 Å². The summed E-state index contributed by atoms with van der Waals surface area (Å²) in [5.74, 6) is -2.20. The van der Waals surface area contributed by atoms with E-state index in [4.69, 9.17) is 0 Å². The number of rotatable bonds is 1. The number of carbonyl (C=O) groups is 3. The van der Waals surface area contributed by atoms with Crippen LogP contribution in [0.3, 0.4) is 0 Å². The second-order valence-electron chi connectivity index (χ2n) is 4.91. The first kappa shape index (κ1) is 12.9. The maximum atomic E-state index is 13.2. The van der Waals surface area contributed by atoms with Crippen LogP contribution in [0.1, 0.15) is 33.6 Å². The van der Waals surface area contributed by atoms with Crippen LogP contribution in [0.4, 0.5) is 4.39 Å². The van der Waals surface area contributed by atoms with Crippen molar-refractivity contribution in [2.75, 3.05) is 6.54 Å². The van der Waals surface area contributed by atoms with E-state index in [0.29, 0.717) is 0 Å². The van der Waals surface area contributed by atoms with Gasteiger partial charge in [0, 0.05) is 0 Å². The lowest BCUT2D eigenvalue weighted by Crippen LogP contribution is -3.12. The minimum atomic E-state index is -0.615. The van der Waals surface area contributed by atoms with Crippen molar-refractivity contribution in [1.29, 1.82) is 0 Å². The van der Waals surface area contributed by atoms with Crippen molar-refractivity contribution in [3.63, 3.8) is 0 Å². The van der Waals surface area contributed by atoms with Crippen LogP contribution in [-0.2, 0) is 4.79 Å². The molecule has 0 aromatic heterocycles. The van der Waals surface area contributed by atoms with Gasteiger partial charge in [-0.3, -0.25) is 14.5 Å². The lowest BCUT2D eigenvalue weighted by molar-refractivity contribution is -0.772. The molecule has 2 unspecified atom stereocenters. The maximum absolute atomic E-state index is 13.2. The summed E-state index contributed by atoms with van der Waals surface area (Å²) in [4.78, 5) is 36.6. The topological polar surface area (TPSA) is 82.0 Å². The fourth-order valence-corrected chi connectivity index (χ4v) is 2.65. The fourth-order valence-electron chi connectivity index (χ4n) is 2.65. The van der Waals surface area contributed by atoms with Crippen LogP contribution in [0.15, 0.2) is 18.2 Å². The molecule has 2 aliphatic heterocycles. The summed E-state index contributed by atoms with van der Waals surface area (Å²) in [6.07, 6.45) is 0.309. The molecule has 104 valence electrons. The summed E-state index contributed by atoms with van der Waals surface area (Å²) in [6.45, 7) is -0.146. The number of nitrogens with one attached hydrogen (secondary N) is 1. The average molecular weight is 278 g/mol. The van der Waals surface area contributed by atoms with Gasteiger partial charge in [0.15, 0.2) is 0 Å². The second-order valence-corrected chi connectivity index (χ2v) is 4.91. The molecule has 0 spiro atoms. The number of carbonyl (C=O) groups excluding carboxylic acids is 3. The second kappa shape index (κ2) is 4.46. The molecule has 3 amide bonds. The molecule has 1 aromatic carbocycles. The normalized spacial score (nSPS) is 26.1. The van der Waals surface area contributed by atoms with E-state index in [1.54, 1.807) is 0 Å². The highest BCUT2D eigenvalue weighted by atomic mass is 19.1. The standard InChI is InChI=1S/C13H11FN2O4/c14-7-1-3-9-10(5-7)13(19)16(12(9)18)8-2-4-11(17)15(20)6-8/h1,3,5,8,15H,2,4,6H2. The Bertz CT molecular complexity index is 631. The number of halogens is 1. The number of benzene rings is 1. The molecule has 2 atom stereocenters. The first-order chi connectivity index (χ1) is 9.49. The van der Waals surface area contributed by atoms with E-state index >= 15 is 0 Å². The quantitative estimate of drug-likeness (QED) is 0.554. The van der Waals surface area contributed by atoms with Crippen molar-refractivity contribution in [1.82, 2.24) is 4.90 Å². The highest BCUT2D eigenvalue weighted by Crippen LogP contribution is 2.26. The maximum Gasteiger partial charge on any atom is 0.312 e. The van der Waals surface area contributed by atoms with Crippen molar-refractivity contribution in [3.8, 4) is 0 Å². The van der Waals surface area contributed by atoms with Crippen LogP contribution >= 0.6 is 0 Å². The van der Waals surface area contributed by atoms with Crippen molar-refractivity contribution in [3.05, 3.63) is 40.4 Å². The molecule has 0 bridgehead atoms. The zero-order valence-electron chi connectivity index (χ0n) is 10.4. The number of hydrogen-bond acceptors (Lipinski definition) is 4. The Morgan fingerprint density at radius 1 is 1.20 bits per heavy atom. The molecule has 2 heterocycles. The number of piperidine rings is 1. The minimum absolute atomic E-state index is 0.0133. The molecular weight excluding hydrogens is 267 g/mol. The summed E-state index contributed by atoms with van der Waals surface area (Å²) >= 11 is 0. The van der Waals surface area contributed by atoms with E-state index in [2.05, 4.69) is 0 Å². The van der Waals surface area contributed by atoms with Crippen molar-refractivity contribution in [2.24, 2.45) is 0 Å². The molecule has 1 saturated heterocycles. The predicted octanol–water partition coefficient (Wildman–Crippen LogP) is -0.507. The first-order valence-electron chi connectivity index (χ1n) is 6.22. The molecule has 1 fully saturated rings. The van der Waals surface area contributed by atoms with Crippen LogP contribution in [0.5, 0.6) is 0 Å². The summed E-state index contributed by atoms with van der Waals surface area (Å²) in [7, 11) is 0.